The van der Waals surface area contributed by atoms with Crippen LogP contribution in [0.2, 0.25) is 0 Å². The Hall–Kier alpha value is -1.38. The molecule has 0 unspecified atom stereocenters. The fraction of sp³-hybridized carbons (Fsp3) is 0.250. The van der Waals surface area contributed by atoms with Gasteiger partial charge in [-0.1, -0.05) is 0 Å². The molecule has 0 saturated carbocycles. The smallest absolute Gasteiger partial charge is 0.130 e. The van der Waals surface area contributed by atoms with Crippen molar-refractivity contribution in [1.82, 2.24) is 9.97 Å². The van der Waals surface area contributed by atoms with Gasteiger partial charge in [0, 0.05) is 17.6 Å². The first-order chi connectivity index (χ1) is 5.18. The molecule has 0 aliphatic heterocycles. The molecule has 1 aromatic rings. The van der Waals surface area contributed by atoms with Crippen molar-refractivity contribution in [3.8, 4) is 0 Å². The predicted molar refractivity (Wildman–Crippen MR) is 45.8 cm³/mol. The second-order valence-electron chi connectivity index (χ2n) is 2.47. The summed E-state index contributed by atoms with van der Waals surface area (Å²) in [6.07, 6.45) is 5.26. The minimum absolute atomic E-state index is 0.527. The molecule has 0 aromatic carbocycles. The molecule has 1 aromatic heterocycles. The lowest BCUT2D eigenvalue weighted by Crippen LogP contribution is -1.80. The van der Waals surface area contributed by atoms with Gasteiger partial charge in [-0.05, 0) is 26.0 Å². The average molecular weight is 149 g/mol. The van der Waals surface area contributed by atoms with Gasteiger partial charge in [0.15, 0.2) is 0 Å². The molecule has 0 fully saturated rings. The first-order valence-electron chi connectivity index (χ1n) is 3.43. The third kappa shape index (κ3) is 2.37. The summed E-state index contributed by atoms with van der Waals surface area (Å²) in [5.41, 5.74) is 1.56. The van der Waals surface area contributed by atoms with E-state index in [1.165, 1.54) is 0 Å². The van der Waals surface area contributed by atoms with Crippen molar-refractivity contribution in [2.75, 3.05) is 0 Å². The van der Waals surface area contributed by atoms with Crippen LogP contribution in [0.25, 0.3) is 6.08 Å². The monoisotopic (exact) mass is 149 g/mol. The van der Waals surface area contributed by atoms with E-state index in [2.05, 4.69) is 9.97 Å². The Morgan fingerprint density at radius 2 is 2.45 bits per heavy atom. The van der Waals surface area contributed by atoms with E-state index in [1.54, 1.807) is 25.3 Å². The molecule has 11 heavy (non-hydrogen) atoms. The molecule has 0 bridgehead atoms. The highest BCUT2D eigenvalue weighted by Gasteiger charge is 1.89. The zero-order valence-corrected chi connectivity index (χ0v) is 6.68. The van der Waals surface area contributed by atoms with Crippen LogP contribution in [0.3, 0.4) is 0 Å². The molecule has 2 N–H and O–H groups in total. The largest absolute Gasteiger partial charge is 0.343 e. The van der Waals surface area contributed by atoms with Gasteiger partial charge in [-0.15, -0.1) is 0 Å². The minimum atomic E-state index is 0.527. The van der Waals surface area contributed by atoms with Crippen LogP contribution in [0.5, 0.6) is 0 Å². The Labute approximate surface area is 65.7 Å². The lowest BCUT2D eigenvalue weighted by Gasteiger charge is -1.83. The number of allylic oxidation sites excluding steroid dienone is 1. The second kappa shape index (κ2) is 3.14. The molecule has 3 nitrogen and oxygen atoms in total. The molecule has 0 amide bonds. The highest BCUT2D eigenvalue weighted by Crippen LogP contribution is 1.96. The van der Waals surface area contributed by atoms with Gasteiger partial charge in [0.25, 0.3) is 0 Å². The Kier molecular flexibility index (Phi) is 2.21. The van der Waals surface area contributed by atoms with Crippen LogP contribution in [-0.4, -0.2) is 15.7 Å². The quantitative estimate of drug-likeness (QED) is 0.618. The van der Waals surface area contributed by atoms with E-state index in [4.69, 9.17) is 5.41 Å². The lowest BCUT2D eigenvalue weighted by molar-refractivity contribution is 1.22. The van der Waals surface area contributed by atoms with E-state index in [-0.39, 0.29) is 0 Å². The number of aromatic nitrogens is 2. The molecular weight excluding hydrogens is 138 g/mol. The van der Waals surface area contributed by atoms with Crippen molar-refractivity contribution in [3.63, 3.8) is 0 Å². The summed E-state index contributed by atoms with van der Waals surface area (Å²) in [7, 11) is 0. The van der Waals surface area contributed by atoms with E-state index in [9.17, 15) is 0 Å². The molecule has 0 atom stereocenters. The van der Waals surface area contributed by atoms with Crippen molar-refractivity contribution in [2.24, 2.45) is 0 Å². The SMILES string of the molecule is CC(=N)/C=C\c1ncc(C)[nH]1. The van der Waals surface area contributed by atoms with Gasteiger partial charge in [-0.3, -0.25) is 0 Å². The van der Waals surface area contributed by atoms with Crippen LogP contribution in [-0.2, 0) is 0 Å². The molecule has 58 valence electrons. The first-order valence-corrected chi connectivity index (χ1v) is 3.43. The zero-order valence-electron chi connectivity index (χ0n) is 6.68. The molecule has 0 spiro atoms. The van der Waals surface area contributed by atoms with Crippen LogP contribution in [0, 0.1) is 12.3 Å². The van der Waals surface area contributed by atoms with Gasteiger partial charge >= 0.3 is 0 Å². The Bertz CT molecular complexity index is 283. The van der Waals surface area contributed by atoms with Gasteiger partial charge in [0.2, 0.25) is 0 Å². The number of aryl methyl sites for hydroxylation is 1. The summed E-state index contributed by atoms with van der Waals surface area (Å²) in [6, 6.07) is 0. The summed E-state index contributed by atoms with van der Waals surface area (Å²) in [4.78, 5) is 7.09. The number of nitrogens with zero attached hydrogens (tertiary/aromatic N) is 1. The molecule has 0 aliphatic rings. The minimum Gasteiger partial charge on any atom is -0.343 e. The number of nitrogens with one attached hydrogen (secondary N) is 2. The van der Waals surface area contributed by atoms with E-state index < -0.39 is 0 Å². The molecule has 0 aliphatic carbocycles. The summed E-state index contributed by atoms with van der Waals surface area (Å²) < 4.78 is 0. The highest BCUT2D eigenvalue weighted by molar-refractivity contribution is 5.93. The Balaban J connectivity index is 2.71. The van der Waals surface area contributed by atoms with Gasteiger partial charge in [-0.2, -0.15) is 0 Å². The average Bonchev–Trinajstić information content (AvgIpc) is 2.31. The topological polar surface area (TPSA) is 52.5 Å². The number of H-pyrrole nitrogens is 1. The van der Waals surface area contributed by atoms with Crippen molar-refractivity contribution in [3.05, 3.63) is 23.8 Å². The van der Waals surface area contributed by atoms with Crippen molar-refractivity contribution >= 4 is 11.8 Å². The van der Waals surface area contributed by atoms with Crippen LogP contribution >= 0.6 is 0 Å². The van der Waals surface area contributed by atoms with Gasteiger partial charge in [0.1, 0.15) is 5.82 Å². The summed E-state index contributed by atoms with van der Waals surface area (Å²) in [5, 5.41) is 7.12. The van der Waals surface area contributed by atoms with Crippen molar-refractivity contribution in [1.29, 1.82) is 5.41 Å². The van der Waals surface area contributed by atoms with Gasteiger partial charge in [-0.25, -0.2) is 4.98 Å². The third-order valence-corrected chi connectivity index (χ3v) is 1.21. The Morgan fingerprint density at radius 3 is 2.91 bits per heavy atom. The number of imidazole rings is 1. The predicted octanol–water partition coefficient (Wildman–Crippen LogP) is 1.77. The molecule has 0 radical (unpaired) electrons. The van der Waals surface area contributed by atoms with E-state index in [0.717, 1.165) is 11.5 Å². The van der Waals surface area contributed by atoms with E-state index in [0.29, 0.717) is 5.71 Å². The first kappa shape index (κ1) is 7.72. The zero-order chi connectivity index (χ0) is 8.27. The maximum absolute atomic E-state index is 7.12. The highest BCUT2D eigenvalue weighted by atomic mass is 14.9. The molecule has 1 heterocycles. The number of hydrogen-bond acceptors (Lipinski definition) is 2. The fourth-order valence-corrected chi connectivity index (χ4v) is 0.722. The maximum Gasteiger partial charge on any atom is 0.130 e. The van der Waals surface area contributed by atoms with Gasteiger partial charge in [0.05, 0.1) is 0 Å². The summed E-state index contributed by atoms with van der Waals surface area (Å²) in [6.45, 7) is 3.67. The summed E-state index contributed by atoms with van der Waals surface area (Å²) >= 11 is 0. The fourth-order valence-electron chi connectivity index (χ4n) is 0.722. The second-order valence-corrected chi connectivity index (χ2v) is 2.47. The number of rotatable bonds is 2. The lowest BCUT2D eigenvalue weighted by atomic mass is 10.4. The van der Waals surface area contributed by atoms with Crippen LogP contribution in [0.4, 0.5) is 0 Å². The third-order valence-electron chi connectivity index (χ3n) is 1.21. The molecule has 0 saturated heterocycles. The van der Waals surface area contributed by atoms with Crippen LogP contribution < -0.4 is 0 Å². The van der Waals surface area contributed by atoms with Crippen LogP contribution in [0.15, 0.2) is 12.3 Å². The van der Waals surface area contributed by atoms with Gasteiger partial charge < -0.3 is 10.4 Å². The number of aromatic amines is 1. The van der Waals surface area contributed by atoms with E-state index >= 15 is 0 Å². The van der Waals surface area contributed by atoms with Crippen molar-refractivity contribution < 1.29 is 0 Å². The Morgan fingerprint density at radius 1 is 1.73 bits per heavy atom. The summed E-state index contributed by atoms with van der Waals surface area (Å²) in [5.74, 6) is 0.800. The van der Waals surface area contributed by atoms with E-state index in [1.807, 2.05) is 6.92 Å². The molecule has 1 rings (SSSR count). The van der Waals surface area contributed by atoms with Crippen LogP contribution in [0.1, 0.15) is 18.4 Å². The maximum atomic E-state index is 7.12. The van der Waals surface area contributed by atoms with Crippen molar-refractivity contribution in [2.45, 2.75) is 13.8 Å². The standard InChI is InChI=1S/C8H11N3/c1-6(9)3-4-8-10-5-7(2)11-8/h3-5,9H,1-2H3,(H,10,11)/b4-3-,9-6?. The normalized spacial score (nSPS) is 10.7. The molecule has 3 heteroatoms. The molecular formula is C8H11N3. The number of hydrogen-bond donors (Lipinski definition) is 2.